The summed E-state index contributed by atoms with van der Waals surface area (Å²) in [5, 5.41) is 11.5. The molecule has 0 saturated carbocycles. The summed E-state index contributed by atoms with van der Waals surface area (Å²) >= 11 is 0. The molecule has 0 aliphatic carbocycles. The van der Waals surface area contributed by atoms with E-state index in [1.807, 2.05) is 6.92 Å². The van der Waals surface area contributed by atoms with E-state index in [0.717, 1.165) is 19.3 Å². The molecule has 98 valence electrons. The van der Waals surface area contributed by atoms with Crippen molar-refractivity contribution in [1.82, 2.24) is 10.2 Å². The van der Waals surface area contributed by atoms with Crippen LogP contribution in [0.15, 0.2) is 0 Å². The van der Waals surface area contributed by atoms with Crippen LogP contribution in [0.5, 0.6) is 0 Å². The Hall–Kier alpha value is -1.10. The standard InChI is InChI=1S/C12H22N2O3/c1-10(6-8-15)13-11(16)9-14-7-4-2-3-5-12(14)17/h10,15H,2-9H2,1H3,(H,13,16). The zero-order valence-corrected chi connectivity index (χ0v) is 10.4. The summed E-state index contributed by atoms with van der Waals surface area (Å²) in [6, 6.07) is -0.0467. The summed E-state index contributed by atoms with van der Waals surface area (Å²) in [6.07, 6.45) is 4.06. The monoisotopic (exact) mass is 242 g/mol. The lowest BCUT2D eigenvalue weighted by molar-refractivity contribution is -0.135. The fourth-order valence-corrected chi connectivity index (χ4v) is 1.97. The molecule has 2 amide bonds. The Morgan fingerprint density at radius 3 is 2.94 bits per heavy atom. The van der Waals surface area contributed by atoms with E-state index in [2.05, 4.69) is 5.32 Å². The van der Waals surface area contributed by atoms with Crippen molar-refractivity contribution in [3.63, 3.8) is 0 Å². The minimum Gasteiger partial charge on any atom is -0.396 e. The van der Waals surface area contributed by atoms with Gasteiger partial charge in [-0.2, -0.15) is 0 Å². The second-order valence-corrected chi connectivity index (χ2v) is 4.61. The van der Waals surface area contributed by atoms with Crippen molar-refractivity contribution in [1.29, 1.82) is 0 Å². The number of likely N-dealkylation sites (tertiary alicyclic amines) is 1. The van der Waals surface area contributed by atoms with E-state index in [9.17, 15) is 9.59 Å². The molecule has 1 saturated heterocycles. The number of hydrogen-bond acceptors (Lipinski definition) is 3. The Morgan fingerprint density at radius 1 is 1.47 bits per heavy atom. The molecule has 0 bridgehead atoms. The molecule has 1 unspecified atom stereocenters. The van der Waals surface area contributed by atoms with E-state index in [0.29, 0.717) is 19.4 Å². The summed E-state index contributed by atoms with van der Waals surface area (Å²) in [7, 11) is 0. The highest BCUT2D eigenvalue weighted by Gasteiger charge is 2.19. The van der Waals surface area contributed by atoms with E-state index in [1.54, 1.807) is 4.90 Å². The molecule has 5 nitrogen and oxygen atoms in total. The molecule has 2 N–H and O–H groups in total. The molecule has 1 heterocycles. The van der Waals surface area contributed by atoms with Gasteiger partial charge in [0.2, 0.25) is 11.8 Å². The smallest absolute Gasteiger partial charge is 0.239 e. The predicted molar refractivity (Wildman–Crippen MR) is 64.4 cm³/mol. The van der Waals surface area contributed by atoms with Gasteiger partial charge in [-0.3, -0.25) is 9.59 Å². The molecule has 0 aromatic rings. The van der Waals surface area contributed by atoms with Crippen LogP contribution in [-0.4, -0.2) is 47.6 Å². The van der Waals surface area contributed by atoms with Crippen molar-refractivity contribution in [2.75, 3.05) is 19.7 Å². The fourth-order valence-electron chi connectivity index (χ4n) is 1.97. The van der Waals surface area contributed by atoms with Gasteiger partial charge in [-0.25, -0.2) is 0 Å². The zero-order valence-electron chi connectivity index (χ0n) is 10.4. The van der Waals surface area contributed by atoms with Crippen LogP contribution in [0.3, 0.4) is 0 Å². The van der Waals surface area contributed by atoms with Crippen LogP contribution in [-0.2, 0) is 9.59 Å². The molecule has 1 fully saturated rings. The molecule has 0 aromatic heterocycles. The average molecular weight is 242 g/mol. The van der Waals surface area contributed by atoms with Crippen LogP contribution in [0, 0.1) is 0 Å². The van der Waals surface area contributed by atoms with Gasteiger partial charge in [-0.15, -0.1) is 0 Å². The lowest BCUT2D eigenvalue weighted by Crippen LogP contribution is -2.43. The molecule has 5 heteroatoms. The normalized spacial score (nSPS) is 18.7. The molecule has 1 aliphatic heterocycles. The Labute approximate surface area is 102 Å². The second-order valence-electron chi connectivity index (χ2n) is 4.61. The highest BCUT2D eigenvalue weighted by Crippen LogP contribution is 2.10. The fraction of sp³-hybridized carbons (Fsp3) is 0.833. The van der Waals surface area contributed by atoms with E-state index in [4.69, 9.17) is 5.11 Å². The molecule has 0 aromatic carbocycles. The summed E-state index contributed by atoms with van der Waals surface area (Å²) in [6.45, 7) is 2.73. The topological polar surface area (TPSA) is 69.6 Å². The van der Waals surface area contributed by atoms with Crippen LogP contribution in [0.25, 0.3) is 0 Å². The maximum atomic E-state index is 11.7. The van der Waals surface area contributed by atoms with Crippen molar-refractivity contribution in [2.45, 2.75) is 45.1 Å². The van der Waals surface area contributed by atoms with E-state index in [-0.39, 0.29) is 31.0 Å². The first-order valence-electron chi connectivity index (χ1n) is 6.31. The van der Waals surface area contributed by atoms with Crippen molar-refractivity contribution in [3.8, 4) is 0 Å². The Kier molecular flexibility index (Phi) is 5.97. The molecule has 1 atom stereocenters. The third kappa shape index (κ3) is 5.17. The largest absolute Gasteiger partial charge is 0.396 e. The van der Waals surface area contributed by atoms with E-state index >= 15 is 0 Å². The van der Waals surface area contributed by atoms with Crippen molar-refractivity contribution in [3.05, 3.63) is 0 Å². The Bertz CT molecular complexity index is 268. The first-order valence-corrected chi connectivity index (χ1v) is 6.31. The summed E-state index contributed by atoms with van der Waals surface area (Å²) < 4.78 is 0. The quantitative estimate of drug-likeness (QED) is 0.727. The number of carbonyl (C=O) groups is 2. The van der Waals surface area contributed by atoms with Crippen LogP contribution in [0.2, 0.25) is 0 Å². The molecular weight excluding hydrogens is 220 g/mol. The minimum absolute atomic E-state index is 0.0467. The molecule has 1 aliphatic rings. The van der Waals surface area contributed by atoms with E-state index < -0.39 is 0 Å². The molecule has 0 spiro atoms. The number of aliphatic hydroxyl groups excluding tert-OH is 1. The van der Waals surface area contributed by atoms with Crippen LogP contribution in [0.4, 0.5) is 0 Å². The third-order valence-electron chi connectivity index (χ3n) is 2.98. The summed E-state index contributed by atoms with van der Waals surface area (Å²) in [5.74, 6) is -0.0614. The predicted octanol–water partition coefficient (Wildman–Crippen LogP) is 0.276. The zero-order chi connectivity index (χ0) is 12.7. The second kappa shape index (κ2) is 7.27. The van der Waals surface area contributed by atoms with Crippen molar-refractivity contribution >= 4 is 11.8 Å². The first-order chi connectivity index (χ1) is 8.13. The number of hydrogen-bond donors (Lipinski definition) is 2. The van der Waals surface area contributed by atoms with E-state index in [1.165, 1.54) is 0 Å². The summed E-state index contributed by atoms with van der Waals surface area (Å²) in [4.78, 5) is 25.0. The van der Waals surface area contributed by atoms with Gasteiger partial charge < -0.3 is 15.3 Å². The molecule has 17 heavy (non-hydrogen) atoms. The van der Waals surface area contributed by atoms with Gasteiger partial charge in [-0.05, 0) is 26.2 Å². The lowest BCUT2D eigenvalue weighted by Gasteiger charge is -2.21. The average Bonchev–Trinajstić information content (AvgIpc) is 2.44. The number of nitrogens with one attached hydrogen (secondary N) is 1. The van der Waals surface area contributed by atoms with Crippen molar-refractivity contribution in [2.24, 2.45) is 0 Å². The number of rotatable bonds is 5. The van der Waals surface area contributed by atoms with Crippen LogP contribution in [0.1, 0.15) is 39.0 Å². The number of carbonyl (C=O) groups excluding carboxylic acids is 2. The maximum Gasteiger partial charge on any atom is 0.239 e. The number of amides is 2. The van der Waals surface area contributed by atoms with Crippen molar-refractivity contribution < 1.29 is 14.7 Å². The summed E-state index contributed by atoms with van der Waals surface area (Å²) in [5.41, 5.74) is 0. The van der Waals surface area contributed by atoms with Gasteiger partial charge >= 0.3 is 0 Å². The van der Waals surface area contributed by atoms with Gasteiger partial charge in [0.25, 0.3) is 0 Å². The number of nitrogens with zero attached hydrogens (tertiary/aromatic N) is 1. The third-order valence-corrected chi connectivity index (χ3v) is 2.98. The van der Waals surface area contributed by atoms with Gasteiger partial charge in [0.1, 0.15) is 0 Å². The minimum atomic E-state index is -0.138. The maximum absolute atomic E-state index is 11.7. The van der Waals surface area contributed by atoms with Gasteiger partial charge in [0, 0.05) is 25.6 Å². The Balaban J connectivity index is 2.35. The number of aliphatic hydroxyl groups is 1. The van der Waals surface area contributed by atoms with Gasteiger partial charge in [-0.1, -0.05) is 6.42 Å². The molecule has 1 rings (SSSR count). The SMILES string of the molecule is CC(CCO)NC(=O)CN1CCCCCC1=O. The molecule has 0 radical (unpaired) electrons. The van der Waals surface area contributed by atoms with Gasteiger partial charge in [0.15, 0.2) is 0 Å². The first kappa shape index (κ1) is 14.0. The highest BCUT2D eigenvalue weighted by molar-refractivity contribution is 5.85. The lowest BCUT2D eigenvalue weighted by atomic mass is 10.2. The Morgan fingerprint density at radius 2 is 2.24 bits per heavy atom. The highest BCUT2D eigenvalue weighted by atomic mass is 16.3. The van der Waals surface area contributed by atoms with Gasteiger partial charge in [0.05, 0.1) is 6.54 Å². The van der Waals surface area contributed by atoms with Crippen LogP contribution < -0.4 is 5.32 Å². The molecular formula is C12H22N2O3. The van der Waals surface area contributed by atoms with Crippen LogP contribution >= 0.6 is 0 Å².